The Kier molecular flexibility index (Phi) is 3.92. The molecule has 3 aromatic rings. The standard InChI is InChI=1S/C16H14FN3O3/c1-3-23-16(21)12-14(19-20-9-5-8-18-15(12)20)10-6-4-7-11(22-2)13(10)17/h4-9H,3H2,1-2H3. The van der Waals surface area contributed by atoms with Crippen molar-refractivity contribution >= 4 is 11.6 Å². The van der Waals surface area contributed by atoms with Gasteiger partial charge in [-0.15, -0.1) is 0 Å². The molecule has 118 valence electrons. The van der Waals surface area contributed by atoms with E-state index in [1.165, 1.54) is 30.0 Å². The van der Waals surface area contributed by atoms with Crippen molar-refractivity contribution in [2.45, 2.75) is 6.92 Å². The molecule has 0 aliphatic heterocycles. The van der Waals surface area contributed by atoms with Crippen LogP contribution in [0.2, 0.25) is 0 Å². The van der Waals surface area contributed by atoms with Crippen molar-refractivity contribution in [2.75, 3.05) is 13.7 Å². The number of methoxy groups -OCH3 is 1. The van der Waals surface area contributed by atoms with Crippen LogP contribution in [-0.4, -0.2) is 34.3 Å². The average molecular weight is 315 g/mol. The minimum atomic E-state index is -0.599. The van der Waals surface area contributed by atoms with Crippen LogP contribution in [-0.2, 0) is 4.74 Å². The zero-order valence-corrected chi connectivity index (χ0v) is 12.6. The van der Waals surface area contributed by atoms with Gasteiger partial charge < -0.3 is 9.47 Å². The van der Waals surface area contributed by atoms with E-state index in [0.717, 1.165) is 0 Å². The summed E-state index contributed by atoms with van der Waals surface area (Å²) in [6.45, 7) is 1.89. The topological polar surface area (TPSA) is 65.7 Å². The summed E-state index contributed by atoms with van der Waals surface area (Å²) in [5.74, 6) is -1.12. The van der Waals surface area contributed by atoms with Crippen molar-refractivity contribution in [3.8, 4) is 17.0 Å². The Morgan fingerprint density at radius 2 is 2.17 bits per heavy atom. The number of carbonyl (C=O) groups excluding carboxylic acids is 1. The molecule has 2 aromatic heterocycles. The molecule has 0 unspecified atom stereocenters. The molecule has 0 saturated carbocycles. The van der Waals surface area contributed by atoms with E-state index in [1.54, 1.807) is 25.3 Å². The van der Waals surface area contributed by atoms with Crippen LogP contribution in [0, 0.1) is 5.82 Å². The first-order valence-electron chi connectivity index (χ1n) is 7.00. The summed E-state index contributed by atoms with van der Waals surface area (Å²) in [5, 5.41) is 4.28. The Balaban J connectivity index is 2.29. The average Bonchev–Trinajstić information content (AvgIpc) is 2.94. The molecule has 3 rings (SSSR count). The number of aromatic nitrogens is 3. The first-order chi connectivity index (χ1) is 11.2. The van der Waals surface area contributed by atoms with Crippen molar-refractivity contribution < 1.29 is 18.7 Å². The van der Waals surface area contributed by atoms with Crippen LogP contribution < -0.4 is 4.74 Å². The SMILES string of the molecule is CCOC(=O)c1c(-c2cccc(OC)c2F)nn2cccnc12. The molecule has 23 heavy (non-hydrogen) atoms. The van der Waals surface area contributed by atoms with E-state index in [2.05, 4.69) is 10.1 Å². The van der Waals surface area contributed by atoms with E-state index < -0.39 is 11.8 Å². The molecule has 0 bridgehead atoms. The van der Waals surface area contributed by atoms with Gasteiger partial charge in [0.2, 0.25) is 0 Å². The number of carbonyl (C=O) groups is 1. The van der Waals surface area contributed by atoms with Crippen LogP contribution in [0.1, 0.15) is 17.3 Å². The van der Waals surface area contributed by atoms with Crippen LogP contribution in [0.5, 0.6) is 5.75 Å². The molecular formula is C16H14FN3O3. The van der Waals surface area contributed by atoms with Crippen molar-refractivity contribution in [3.05, 3.63) is 48.0 Å². The second-order valence-corrected chi connectivity index (χ2v) is 4.65. The summed E-state index contributed by atoms with van der Waals surface area (Å²) in [4.78, 5) is 16.5. The Bertz CT molecular complexity index is 876. The Hall–Kier alpha value is -2.96. The second-order valence-electron chi connectivity index (χ2n) is 4.65. The highest BCUT2D eigenvalue weighted by atomic mass is 19.1. The van der Waals surface area contributed by atoms with E-state index >= 15 is 0 Å². The number of esters is 1. The first-order valence-corrected chi connectivity index (χ1v) is 7.00. The number of hydrogen-bond acceptors (Lipinski definition) is 5. The van der Waals surface area contributed by atoms with Gasteiger partial charge in [-0.25, -0.2) is 18.7 Å². The summed E-state index contributed by atoms with van der Waals surface area (Å²) in [6.07, 6.45) is 3.16. The van der Waals surface area contributed by atoms with Gasteiger partial charge in [-0.2, -0.15) is 5.10 Å². The Labute approximate surface area is 131 Å². The number of rotatable bonds is 4. The fourth-order valence-corrected chi connectivity index (χ4v) is 2.32. The summed E-state index contributed by atoms with van der Waals surface area (Å²) in [5.41, 5.74) is 0.749. The highest BCUT2D eigenvalue weighted by Gasteiger charge is 2.25. The van der Waals surface area contributed by atoms with Gasteiger partial charge in [-0.3, -0.25) is 0 Å². The van der Waals surface area contributed by atoms with Crippen LogP contribution in [0.25, 0.3) is 16.9 Å². The molecule has 0 N–H and O–H groups in total. The normalized spacial score (nSPS) is 10.7. The Morgan fingerprint density at radius 3 is 2.91 bits per heavy atom. The number of hydrogen-bond donors (Lipinski definition) is 0. The predicted octanol–water partition coefficient (Wildman–Crippen LogP) is 2.72. The monoisotopic (exact) mass is 315 g/mol. The lowest BCUT2D eigenvalue weighted by atomic mass is 10.1. The minimum absolute atomic E-state index is 0.0716. The number of ether oxygens (including phenoxy) is 2. The third kappa shape index (κ3) is 2.50. The molecular weight excluding hydrogens is 301 g/mol. The summed E-state index contributed by atoms with van der Waals surface area (Å²) in [7, 11) is 1.37. The fourth-order valence-electron chi connectivity index (χ4n) is 2.32. The highest BCUT2D eigenvalue weighted by Crippen LogP contribution is 2.32. The largest absolute Gasteiger partial charge is 0.494 e. The lowest BCUT2D eigenvalue weighted by Crippen LogP contribution is -2.07. The fraction of sp³-hybridized carbons (Fsp3) is 0.188. The zero-order valence-electron chi connectivity index (χ0n) is 12.6. The quantitative estimate of drug-likeness (QED) is 0.693. The molecule has 0 spiro atoms. The molecule has 7 heteroatoms. The molecule has 6 nitrogen and oxygen atoms in total. The molecule has 0 fully saturated rings. The van der Waals surface area contributed by atoms with E-state index in [9.17, 15) is 9.18 Å². The number of nitrogens with zero attached hydrogens (tertiary/aromatic N) is 3. The predicted molar refractivity (Wildman–Crippen MR) is 80.9 cm³/mol. The van der Waals surface area contributed by atoms with Gasteiger partial charge in [0.25, 0.3) is 0 Å². The van der Waals surface area contributed by atoms with Crippen LogP contribution >= 0.6 is 0 Å². The van der Waals surface area contributed by atoms with Crippen LogP contribution in [0.3, 0.4) is 0 Å². The maximum atomic E-state index is 14.6. The maximum Gasteiger partial charge on any atom is 0.344 e. The van der Waals surface area contributed by atoms with Crippen molar-refractivity contribution in [2.24, 2.45) is 0 Å². The van der Waals surface area contributed by atoms with E-state index in [1.807, 2.05) is 0 Å². The van der Waals surface area contributed by atoms with Gasteiger partial charge in [0.05, 0.1) is 13.7 Å². The van der Waals surface area contributed by atoms with Crippen molar-refractivity contribution in [3.63, 3.8) is 0 Å². The Morgan fingerprint density at radius 1 is 1.35 bits per heavy atom. The molecule has 0 radical (unpaired) electrons. The van der Waals surface area contributed by atoms with Gasteiger partial charge in [0.1, 0.15) is 11.3 Å². The van der Waals surface area contributed by atoms with Gasteiger partial charge in [-0.1, -0.05) is 6.07 Å². The van der Waals surface area contributed by atoms with Crippen LogP contribution in [0.15, 0.2) is 36.7 Å². The van der Waals surface area contributed by atoms with Gasteiger partial charge >= 0.3 is 5.97 Å². The smallest absolute Gasteiger partial charge is 0.344 e. The molecule has 0 aliphatic rings. The van der Waals surface area contributed by atoms with Crippen molar-refractivity contribution in [1.82, 2.24) is 14.6 Å². The van der Waals surface area contributed by atoms with E-state index in [4.69, 9.17) is 9.47 Å². The van der Waals surface area contributed by atoms with E-state index in [-0.39, 0.29) is 29.2 Å². The second kappa shape index (κ2) is 6.04. The van der Waals surface area contributed by atoms with Gasteiger partial charge in [0.15, 0.2) is 17.2 Å². The molecule has 0 atom stereocenters. The minimum Gasteiger partial charge on any atom is -0.494 e. The number of benzene rings is 1. The molecule has 2 heterocycles. The van der Waals surface area contributed by atoms with Gasteiger partial charge in [0, 0.05) is 18.0 Å². The lowest BCUT2D eigenvalue weighted by Gasteiger charge is -2.07. The summed E-state index contributed by atoms with van der Waals surface area (Å²) in [6, 6.07) is 6.32. The molecule has 1 aromatic carbocycles. The lowest BCUT2D eigenvalue weighted by molar-refractivity contribution is 0.0529. The van der Waals surface area contributed by atoms with Crippen molar-refractivity contribution in [1.29, 1.82) is 0 Å². The molecule has 0 saturated heterocycles. The number of fused-ring (bicyclic) bond motifs is 1. The third-order valence-electron chi connectivity index (χ3n) is 3.31. The first kappa shape index (κ1) is 15.0. The maximum absolute atomic E-state index is 14.6. The zero-order chi connectivity index (χ0) is 16.4. The van der Waals surface area contributed by atoms with Crippen LogP contribution in [0.4, 0.5) is 4.39 Å². The highest BCUT2D eigenvalue weighted by molar-refractivity contribution is 6.02. The number of halogens is 1. The van der Waals surface area contributed by atoms with E-state index in [0.29, 0.717) is 5.65 Å². The van der Waals surface area contributed by atoms with Gasteiger partial charge in [-0.05, 0) is 25.1 Å². The summed E-state index contributed by atoms with van der Waals surface area (Å²) >= 11 is 0. The molecule has 0 amide bonds. The molecule has 0 aliphatic carbocycles. The summed E-state index contributed by atoms with van der Waals surface area (Å²) < 4.78 is 26.0. The third-order valence-corrected chi connectivity index (χ3v) is 3.31.